The van der Waals surface area contributed by atoms with Crippen LogP contribution in [0.25, 0.3) is 0 Å². The molecule has 1 aliphatic carbocycles. The van der Waals surface area contributed by atoms with E-state index in [1.165, 1.54) is 12.1 Å². The van der Waals surface area contributed by atoms with Crippen molar-refractivity contribution >= 4 is 37.8 Å². The van der Waals surface area contributed by atoms with Crippen LogP contribution in [0.3, 0.4) is 0 Å². The summed E-state index contributed by atoms with van der Waals surface area (Å²) in [7, 11) is 0. The number of benzene rings is 2. The maximum absolute atomic E-state index is 13.0. The highest BCUT2D eigenvalue weighted by Crippen LogP contribution is 2.60. The molecule has 3 rings (SSSR count). The Bertz CT molecular complexity index is 858. The van der Waals surface area contributed by atoms with E-state index in [1.807, 2.05) is 18.2 Å². The third-order valence-electron chi connectivity index (χ3n) is 4.80. The molecule has 0 heterocycles. The SMILES string of the molecule is CC1(C)C(C=C(Br)Br)C1C(=O)OCc1cccc(Oc2ccc(F)cc2)c1. The van der Waals surface area contributed by atoms with Gasteiger partial charge in [0.15, 0.2) is 0 Å². The van der Waals surface area contributed by atoms with Crippen LogP contribution in [0.5, 0.6) is 11.5 Å². The standard InChI is InChI=1S/C21H19Br2FO3/c1-21(2)17(11-18(22)23)19(21)20(25)26-12-13-4-3-5-16(10-13)27-15-8-6-14(24)7-9-15/h3-11,17,19H,12H2,1-2H3. The first kappa shape index (κ1) is 20.1. The first-order valence-corrected chi connectivity index (χ1v) is 10.1. The van der Waals surface area contributed by atoms with E-state index in [0.29, 0.717) is 11.5 Å². The highest BCUT2D eigenvalue weighted by molar-refractivity contribution is 9.28. The lowest BCUT2D eigenvalue weighted by atomic mass is 10.1. The van der Waals surface area contributed by atoms with E-state index in [0.717, 1.165) is 8.96 Å². The minimum absolute atomic E-state index is 0.114. The highest BCUT2D eigenvalue weighted by Gasteiger charge is 2.61. The number of rotatable bonds is 6. The molecule has 0 N–H and O–H groups in total. The summed E-state index contributed by atoms with van der Waals surface area (Å²) in [6, 6.07) is 13.1. The zero-order valence-corrected chi connectivity index (χ0v) is 18.1. The van der Waals surface area contributed by atoms with Crippen molar-refractivity contribution in [1.29, 1.82) is 0 Å². The summed E-state index contributed by atoms with van der Waals surface area (Å²) in [6.07, 6.45) is 1.99. The van der Waals surface area contributed by atoms with Gasteiger partial charge < -0.3 is 9.47 Å². The Labute approximate surface area is 174 Å². The van der Waals surface area contributed by atoms with E-state index < -0.39 is 0 Å². The van der Waals surface area contributed by atoms with Gasteiger partial charge in [0.25, 0.3) is 0 Å². The van der Waals surface area contributed by atoms with E-state index in [2.05, 4.69) is 45.7 Å². The molecular formula is C21H19Br2FO3. The van der Waals surface area contributed by atoms with Crippen LogP contribution in [0.4, 0.5) is 4.39 Å². The zero-order valence-electron chi connectivity index (χ0n) is 14.9. The van der Waals surface area contributed by atoms with Gasteiger partial charge in [-0.3, -0.25) is 4.79 Å². The van der Waals surface area contributed by atoms with Crippen LogP contribution >= 0.6 is 31.9 Å². The lowest BCUT2D eigenvalue weighted by Gasteiger charge is -2.09. The lowest BCUT2D eigenvalue weighted by molar-refractivity contribution is -0.147. The fraction of sp³-hybridized carbons (Fsp3) is 0.286. The summed E-state index contributed by atoms with van der Waals surface area (Å²) < 4.78 is 25.0. The fourth-order valence-corrected chi connectivity index (χ4v) is 3.73. The molecule has 142 valence electrons. The first-order chi connectivity index (χ1) is 12.8. The summed E-state index contributed by atoms with van der Waals surface area (Å²) >= 11 is 6.70. The second-order valence-corrected chi connectivity index (χ2v) is 9.87. The Hall–Kier alpha value is -1.66. The molecule has 2 aromatic carbocycles. The zero-order chi connectivity index (χ0) is 19.6. The Kier molecular flexibility index (Phi) is 6.06. The van der Waals surface area contributed by atoms with Gasteiger partial charge in [0.1, 0.15) is 23.9 Å². The van der Waals surface area contributed by atoms with E-state index in [9.17, 15) is 9.18 Å². The minimum atomic E-state index is -0.314. The van der Waals surface area contributed by atoms with Gasteiger partial charge in [-0.2, -0.15) is 0 Å². The third-order valence-corrected chi connectivity index (χ3v) is 5.33. The molecule has 0 spiro atoms. The number of carbonyl (C=O) groups excluding carboxylic acids is 1. The molecule has 0 radical (unpaired) electrons. The molecule has 0 aromatic heterocycles. The van der Waals surface area contributed by atoms with Crippen molar-refractivity contribution in [1.82, 2.24) is 0 Å². The molecule has 6 heteroatoms. The summed E-state index contributed by atoms with van der Waals surface area (Å²) in [5.74, 6) is 0.623. The molecule has 0 bridgehead atoms. The van der Waals surface area contributed by atoms with Crippen molar-refractivity contribution in [3.8, 4) is 11.5 Å². The van der Waals surface area contributed by atoms with Gasteiger partial charge in [-0.25, -0.2) is 4.39 Å². The van der Waals surface area contributed by atoms with Gasteiger partial charge in [0.2, 0.25) is 0 Å². The molecule has 2 atom stereocenters. The molecule has 3 nitrogen and oxygen atoms in total. The highest BCUT2D eigenvalue weighted by atomic mass is 79.9. The summed E-state index contributed by atoms with van der Waals surface area (Å²) in [5, 5.41) is 0. The van der Waals surface area contributed by atoms with Crippen LogP contribution < -0.4 is 4.74 Å². The lowest BCUT2D eigenvalue weighted by Crippen LogP contribution is -2.10. The van der Waals surface area contributed by atoms with Gasteiger partial charge in [-0.15, -0.1) is 0 Å². The van der Waals surface area contributed by atoms with Crippen molar-refractivity contribution in [2.24, 2.45) is 17.3 Å². The summed E-state index contributed by atoms with van der Waals surface area (Å²) in [6.45, 7) is 4.29. The predicted octanol–water partition coefficient (Wildman–Crippen LogP) is 6.56. The van der Waals surface area contributed by atoms with Crippen molar-refractivity contribution in [3.63, 3.8) is 0 Å². The molecule has 27 heavy (non-hydrogen) atoms. The molecule has 2 unspecified atom stereocenters. The molecule has 0 aliphatic heterocycles. The topological polar surface area (TPSA) is 35.5 Å². The molecule has 0 amide bonds. The van der Waals surface area contributed by atoms with Gasteiger partial charge >= 0.3 is 5.97 Å². The molecule has 0 saturated heterocycles. The van der Waals surface area contributed by atoms with Crippen LogP contribution in [-0.4, -0.2) is 5.97 Å². The molecule has 1 saturated carbocycles. The Morgan fingerprint density at radius 3 is 2.52 bits per heavy atom. The van der Waals surface area contributed by atoms with E-state index in [4.69, 9.17) is 9.47 Å². The van der Waals surface area contributed by atoms with Gasteiger partial charge in [-0.05, 0) is 85.2 Å². The Balaban J connectivity index is 1.59. The molecular weight excluding hydrogens is 479 g/mol. The summed E-state index contributed by atoms with van der Waals surface area (Å²) in [5.41, 5.74) is 0.715. The van der Waals surface area contributed by atoms with Gasteiger partial charge in [0.05, 0.1) is 9.31 Å². The van der Waals surface area contributed by atoms with Gasteiger partial charge in [-0.1, -0.05) is 32.1 Å². The van der Waals surface area contributed by atoms with Crippen LogP contribution in [-0.2, 0) is 16.1 Å². The maximum Gasteiger partial charge on any atom is 0.310 e. The number of hydrogen-bond acceptors (Lipinski definition) is 3. The van der Waals surface area contributed by atoms with E-state index >= 15 is 0 Å². The predicted molar refractivity (Wildman–Crippen MR) is 109 cm³/mol. The molecule has 1 aliphatic rings. The van der Waals surface area contributed by atoms with Crippen molar-refractivity contribution < 1.29 is 18.7 Å². The van der Waals surface area contributed by atoms with Crippen LogP contribution in [0, 0.1) is 23.1 Å². The Morgan fingerprint density at radius 2 is 1.85 bits per heavy atom. The third kappa shape index (κ3) is 4.99. The maximum atomic E-state index is 13.0. The number of hydrogen-bond donors (Lipinski definition) is 0. The van der Waals surface area contributed by atoms with E-state index in [-0.39, 0.29) is 35.6 Å². The average Bonchev–Trinajstić information content (AvgIpc) is 3.14. The largest absolute Gasteiger partial charge is 0.461 e. The second-order valence-electron chi connectivity index (χ2n) is 7.09. The number of esters is 1. The molecule has 1 fully saturated rings. The van der Waals surface area contributed by atoms with Crippen molar-refractivity contribution in [3.05, 3.63) is 69.4 Å². The smallest absolute Gasteiger partial charge is 0.310 e. The average molecular weight is 498 g/mol. The normalized spacial score (nSPS) is 19.9. The number of carbonyl (C=O) groups is 1. The van der Waals surface area contributed by atoms with Crippen LogP contribution in [0.15, 0.2) is 58.0 Å². The second kappa shape index (κ2) is 8.15. The Morgan fingerprint density at radius 1 is 1.15 bits per heavy atom. The number of ether oxygens (including phenoxy) is 2. The van der Waals surface area contributed by atoms with Crippen molar-refractivity contribution in [2.75, 3.05) is 0 Å². The first-order valence-electron chi connectivity index (χ1n) is 8.49. The minimum Gasteiger partial charge on any atom is -0.461 e. The van der Waals surface area contributed by atoms with Crippen LogP contribution in [0.2, 0.25) is 0 Å². The monoisotopic (exact) mass is 496 g/mol. The van der Waals surface area contributed by atoms with Gasteiger partial charge in [0, 0.05) is 0 Å². The fourth-order valence-electron chi connectivity index (χ4n) is 3.16. The van der Waals surface area contributed by atoms with Crippen molar-refractivity contribution in [2.45, 2.75) is 20.5 Å². The number of allylic oxidation sites excluding steroid dienone is 1. The van der Waals surface area contributed by atoms with E-state index in [1.54, 1.807) is 24.3 Å². The quantitative estimate of drug-likeness (QED) is 0.423. The van der Waals surface area contributed by atoms with Crippen LogP contribution in [0.1, 0.15) is 19.4 Å². The number of halogens is 3. The summed E-state index contributed by atoms with van der Waals surface area (Å²) in [4.78, 5) is 12.4. The molecule has 2 aromatic rings.